The molecule has 3 nitrogen and oxygen atoms in total. The van der Waals surface area contributed by atoms with Gasteiger partial charge in [-0.05, 0) is 29.9 Å². The predicted octanol–water partition coefficient (Wildman–Crippen LogP) is 4.48. The molecule has 6 heteroatoms. The molecule has 0 unspecified atom stereocenters. The van der Waals surface area contributed by atoms with Crippen molar-refractivity contribution >= 4 is 11.6 Å². The fourth-order valence-corrected chi connectivity index (χ4v) is 2.38. The second kappa shape index (κ2) is 7.00. The fraction of sp³-hybridized carbons (Fsp3) is 0.667. The van der Waals surface area contributed by atoms with Crippen molar-refractivity contribution in [2.45, 2.75) is 33.9 Å². The number of nitrogens with one attached hydrogen (secondary N) is 2. The summed E-state index contributed by atoms with van der Waals surface area (Å²) in [7, 11) is 1.55. The van der Waals surface area contributed by atoms with Crippen LogP contribution in [0.15, 0.2) is 12.1 Å². The van der Waals surface area contributed by atoms with Crippen molar-refractivity contribution in [1.29, 1.82) is 0 Å². The molecule has 0 amide bonds. The van der Waals surface area contributed by atoms with E-state index in [1.807, 2.05) is 0 Å². The van der Waals surface area contributed by atoms with Crippen LogP contribution in [0.1, 0.15) is 33.3 Å². The molecule has 1 rings (SSSR count). The lowest BCUT2D eigenvalue weighted by atomic mass is 9.85. The van der Waals surface area contributed by atoms with Gasteiger partial charge < -0.3 is 10.6 Å². The minimum atomic E-state index is -4.37. The van der Waals surface area contributed by atoms with Crippen LogP contribution in [0, 0.1) is 17.8 Å². The van der Waals surface area contributed by atoms with Crippen LogP contribution in [0.25, 0.3) is 0 Å². The molecule has 1 heterocycles. The lowest BCUT2D eigenvalue weighted by molar-refractivity contribution is -0.137. The van der Waals surface area contributed by atoms with Gasteiger partial charge in [-0.1, -0.05) is 27.7 Å². The van der Waals surface area contributed by atoms with Gasteiger partial charge in [0.25, 0.3) is 0 Å². The molecule has 0 spiro atoms. The molecule has 1 aromatic rings. The van der Waals surface area contributed by atoms with Gasteiger partial charge >= 0.3 is 6.18 Å². The highest BCUT2D eigenvalue weighted by molar-refractivity contribution is 5.49. The Kier molecular flexibility index (Phi) is 5.87. The van der Waals surface area contributed by atoms with E-state index in [1.165, 1.54) is 0 Å². The molecule has 0 aromatic carbocycles. The average Bonchev–Trinajstić information content (AvgIpc) is 2.36. The van der Waals surface area contributed by atoms with Crippen LogP contribution in [0.4, 0.5) is 24.8 Å². The Balaban J connectivity index is 2.92. The summed E-state index contributed by atoms with van der Waals surface area (Å²) in [5.74, 6) is 1.73. The van der Waals surface area contributed by atoms with Crippen LogP contribution in [0.5, 0.6) is 0 Å². The van der Waals surface area contributed by atoms with Gasteiger partial charge in [0.15, 0.2) is 0 Å². The van der Waals surface area contributed by atoms with Gasteiger partial charge in [-0.2, -0.15) is 13.2 Å². The standard InChI is InChI=1S/C15H24F3N3/c1-9(2)12(10(3)4)8-20-14-7-11(15(16,17)18)6-13(19-5)21-14/h6-7,9-10,12H,8H2,1-5H3,(H2,19,20,21). The number of anilines is 2. The Bertz CT molecular complexity index is 448. The Morgan fingerprint density at radius 1 is 1.05 bits per heavy atom. The number of nitrogens with zero attached hydrogens (tertiary/aromatic N) is 1. The Morgan fingerprint density at radius 2 is 1.57 bits per heavy atom. The molecular weight excluding hydrogens is 279 g/mol. The van der Waals surface area contributed by atoms with Crippen LogP contribution in [0.2, 0.25) is 0 Å². The van der Waals surface area contributed by atoms with Crippen molar-refractivity contribution < 1.29 is 13.2 Å². The summed E-state index contributed by atoms with van der Waals surface area (Å²) in [4.78, 5) is 4.13. The summed E-state index contributed by atoms with van der Waals surface area (Å²) in [6, 6.07) is 2.06. The van der Waals surface area contributed by atoms with E-state index in [4.69, 9.17) is 0 Å². The molecule has 21 heavy (non-hydrogen) atoms. The Hall–Kier alpha value is -1.46. The molecule has 120 valence electrons. The second-order valence-corrected chi connectivity index (χ2v) is 5.91. The lowest BCUT2D eigenvalue weighted by Crippen LogP contribution is -2.25. The highest BCUT2D eigenvalue weighted by Crippen LogP contribution is 2.32. The second-order valence-electron chi connectivity index (χ2n) is 5.91. The highest BCUT2D eigenvalue weighted by atomic mass is 19.4. The largest absolute Gasteiger partial charge is 0.416 e. The Morgan fingerprint density at radius 3 is 2.00 bits per heavy atom. The van der Waals surface area contributed by atoms with Crippen LogP contribution >= 0.6 is 0 Å². The zero-order valence-electron chi connectivity index (χ0n) is 13.2. The molecule has 0 radical (unpaired) electrons. The molecular formula is C15H24F3N3. The van der Waals surface area contributed by atoms with E-state index in [2.05, 4.69) is 43.3 Å². The normalized spacial score (nSPS) is 12.3. The van der Waals surface area contributed by atoms with E-state index in [0.29, 0.717) is 24.3 Å². The molecule has 0 saturated heterocycles. The maximum atomic E-state index is 12.9. The van der Waals surface area contributed by atoms with Gasteiger partial charge in [-0.15, -0.1) is 0 Å². The van der Waals surface area contributed by atoms with E-state index >= 15 is 0 Å². The van der Waals surface area contributed by atoms with E-state index in [9.17, 15) is 13.2 Å². The summed E-state index contributed by atoms with van der Waals surface area (Å²) < 4.78 is 38.6. The third-order valence-electron chi connectivity index (χ3n) is 3.64. The van der Waals surface area contributed by atoms with Crippen LogP contribution in [-0.2, 0) is 6.18 Å². The molecule has 0 bridgehead atoms. The first-order valence-corrected chi connectivity index (χ1v) is 7.16. The SMILES string of the molecule is CNc1cc(C(F)(F)F)cc(NCC(C(C)C)C(C)C)n1. The number of hydrogen-bond donors (Lipinski definition) is 2. The van der Waals surface area contributed by atoms with E-state index in [-0.39, 0.29) is 11.6 Å². The smallest absolute Gasteiger partial charge is 0.373 e. The van der Waals surface area contributed by atoms with Gasteiger partial charge in [-0.3, -0.25) is 0 Å². The zero-order chi connectivity index (χ0) is 16.2. The number of aromatic nitrogens is 1. The number of alkyl halides is 3. The van der Waals surface area contributed by atoms with Gasteiger partial charge in [0, 0.05) is 13.6 Å². The first kappa shape index (κ1) is 17.6. The highest BCUT2D eigenvalue weighted by Gasteiger charge is 2.31. The number of hydrogen-bond acceptors (Lipinski definition) is 3. The maximum absolute atomic E-state index is 12.9. The molecule has 0 aliphatic heterocycles. The minimum Gasteiger partial charge on any atom is -0.373 e. The number of pyridine rings is 1. The molecule has 0 atom stereocenters. The third-order valence-corrected chi connectivity index (χ3v) is 3.64. The van der Waals surface area contributed by atoms with Crippen LogP contribution in [-0.4, -0.2) is 18.6 Å². The monoisotopic (exact) mass is 303 g/mol. The summed E-state index contributed by atoms with van der Waals surface area (Å²) >= 11 is 0. The van der Waals surface area contributed by atoms with Crippen LogP contribution < -0.4 is 10.6 Å². The van der Waals surface area contributed by atoms with Crippen molar-refractivity contribution in [2.75, 3.05) is 24.2 Å². The molecule has 0 aliphatic carbocycles. The van der Waals surface area contributed by atoms with Gasteiger partial charge in [0.1, 0.15) is 11.6 Å². The van der Waals surface area contributed by atoms with Crippen molar-refractivity contribution in [1.82, 2.24) is 4.98 Å². The quantitative estimate of drug-likeness (QED) is 0.813. The van der Waals surface area contributed by atoms with Gasteiger partial charge in [0.05, 0.1) is 5.56 Å². The minimum absolute atomic E-state index is 0.206. The summed E-state index contributed by atoms with van der Waals surface area (Å²) in [5, 5.41) is 5.71. The number of halogens is 3. The molecule has 1 aromatic heterocycles. The van der Waals surface area contributed by atoms with Crippen molar-refractivity contribution in [2.24, 2.45) is 17.8 Å². The number of rotatable bonds is 6. The van der Waals surface area contributed by atoms with Gasteiger partial charge in [0.2, 0.25) is 0 Å². The zero-order valence-corrected chi connectivity index (χ0v) is 13.2. The van der Waals surface area contributed by atoms with E-state index in [1.54, 1.807) is 7.05 Å². The average molecular weight is 303 g/mol. The third kappa shape index (κ3) is 5.10. The summed E-state index contributed by atoms with van der Waals surface area (Å²) in [6.07, 6.45) is -4.37. The predicted molar refractivity (Wildman–Crippen MR) is 80.4 cm³/mol. The first-order chi connectivity index (χ1) is 9.65. The van der Waals surface area contributed by atoms with Gasteiger partial charge in [-0.25, -0.2) is 4.98 Å². The van der Waals surface area contributed by atoms with E-state index in [0.717, 1.165) is 12.1 Å². The topological polar surface area (TPSA) is 37.0 Å². The van der Waals surface area contributed by atoms with Crippen molar-refractivity contribution in [3.63, 3.8) is 0 Å². The Labute approximate surface area is 124 Å². The van der Waals surface area contributed by atoms with E-state index < -0.39 is 11.7 Å². The molecule has 2 N–H and O–H groups in total. The summed E-state index contributed by atoms with van der Waals surface area (Å²) in [5.41, 5.74) is -0.699. The molecule has 0 saturated carbocycles. The van der Waals surface area contributed by atoms with Crippen LogP contribution in [0.3, 0.4) is 0 Å². The fourth-order valence-electron chi connectivity index (χ4n) is 2.38. The van der Waals surface area contributed by atoms with Crippen molar-refractivity contribution in [3.8, 4) is 0 Å². The molecule has 0 aliphatic rings. The summed E-state index contributed by atoms with van der Waals surface area (Å²) in [6.45, 7) is 9.07. The maximum Gasteiger partial charge on any atom is 0.416 e. The van der Waals surface area contributed by atoms with Crippen molar-refractivity contribution in [3.05, 3.63) is 17.7 Å². The molecule has 0 fully saturated rings. The lowest BCUT2D eigenvalue weighted by Gasteiger charge is -2.25. The first-order valence-electron chi connectivity index (χ1n) is 7.16.